The first kappa shape index (κ1) is 17.0. The molecule has 1 aliphatic rings. The number of carbonyl (C=O) groups excluding carboxylic acids is 2. The number of carbonyl (C=O) groups is 2. The summed E-state index contributed by atoms with van der Waals surface area (Å²) in [5, 5.41) is 5.92. The summed E-state index contributed by atoms with van der Waals surface area (Å²) in [6.45, 7) is 2.78. The molecule has 1 aliphatic carbocycles. The van der Waals surface area contributed by atoms with Gasteiger partial charge < -0.3 is 10.6 Å². The van der Waals surface area contributed by atoms with E-state index < -0.39 is 0 Å². The Morgan fingerprint density at radius 3 is 2.27 bits per heavy atom. The van der Waals surface area contributed by atoms with Gasteiger partial charge in [0.25, 0.3) is 0 Å². The van der Waals surface area contributed by atoms with Crippen LogP contribution in [0.1, 0.15) is 39.0 Å². The second-order valence-corrected chi connectivity index (χ2v) is 6.66. The first-order chi connectivity index (χ1) is 10.6. The monoisotopic (exact) mass is 366 g/mol. The van der Waals surface area contributed by atoms with Crippen LogP contribution in [0.4, 0.5) is 5.69 Å². The van der Waals surface area contributed by atoms with Gasteiger partial charge in [-0.3, -0.25) is 9.59 Å². The van der Waals surface area contributed by atoms with E-state index >= 15 is 0 Å². The summed E-state index contributed by atoms with van der Waals surface area (Å²) in [6.07, 6.45) is 4.10. The van der Waals surface area contributed by atoms with Crippen LogP contribution in [0.5, 0.6) is 0 Å². The molecule has 5 heteroatoms. The van der Waals surface area contributed by atoms with Crippen molar-refractivity contribution in [1.82, 2.24) is 5.32 Å². The average molecular weight is 367 g/mol. The normalized spacial score (nSPS) is 21.2. The predicted molar refractivity (Wildman–Crippen MR) is 91.5 cm³/mol. The third-order valence-corrected chi connectivity index (χ3v) is 4.84. The molecule has 120 valence electrons. The molecule has 1 fully saturated rings. The van der Waals surface area contributed by atoms with Crippen molar-refractivity contribution in [2.24, 2.45) is 11.8 Å². The number of amides is 2. The summed E-state index contributed by atoms with van der Waals surface area (Å²) < 4.78 is 0.885. The van der Waals surface area contributed by atoms with Gasteiger partial charge in [-0.1, -0.05) is 19.1 Å². The van der Waals surface area contributed by atoms with Crippen molar-refractivity contribution in [3.05, 3.63) is 28.7 Å². The van der Waals surface area contributed by atoms with Gasteiger partial charge in [0.1, 0.15) is 0 Å². The van der Waals surface area contributed by atoms with E-state index in [1.54, 1.807) is 0 Å². The maximum atomic E-state index is 12.3. The Hall–Kier alpha value is -1.36. The number of anilines is 1. The average Bonchev–Trinajstić information content (AvgIpc) is 2.55. The number of benzene rings is 1. The highest BCUT2D eigenvalue weighted by Gasteiger charge is 2.29. The molecular weight excluding hydrogens is 344 g/mol. The Morgan fingerprint density at radius 1 is 1.09 bits per heavy atom. The Bertz CT molecular complexity index is 525. The lowest BCUT2D eigenvalue weighted by molar-refractivity contribution is -0.128. The Morgan fingerprint density at radius 2 is 1.68 bits per heavy atom. The quantitative estimate of drug-likeness (QED) is 0.833. The van der Waals surface area contributed by atoms with Gasteiger partial charge in [-0.25, -0.2) is 0 Å². The van der Waals surface area contributed by atoms with Crippen LogP contribution in [0.3, 0.4) is 0 Å². The molecule has 0 aromatic heterocycles. The fourth-order valence-electron chi connectivity index (χ4n) is 2.81. The summed E-state index contributed by atoms with van der Waals surface area (Å²) in [5.74, 6) is 0.271. The topological polar surface area (TPSA) is 58.2 Å². The molecule has 0 unspecified atom stereocenters. The van der Waals surface area contributed by atoms with Gasteiger partial charge in [0.15, 0.2) is 0 Å². The zero-order valence-electron chi connectivity index (χ0n) is 12.9. The zero-order chi connectivity index (χ0) is 15.9. The first-order valence-corrected chi connectivity index (χ1v) is 8.74. The molecule has 1 aromatic rings. The molecule has 0 radical (unpaired) electrons. The minimum atomic E-state index is 0.00216. The molecular formula is C17H23BrN2O2. The van der Waals surface area contributed by atoms with Gasteiger partial charge in [0.05, 0.1) is 5.69 Å². The van der Waals surface area contributed by atoms with Crippen LogP contribution in [0.25, 0.3) is 0 Å². The molecule has 0 spiro atoms. The zero-order valence-corrected chi connectivity index (χ0v) is 14.5. The van der Waals surface area contributed by atoms with Gasteiger partial charge in [0.2, 0.25) is 11.8 Å². The maximum absolute atomic E-state index is 12.3. The molecule has 0 saturated heterocycles. The molecule has 22 heavy (non-hydrogen) atoms. The summed E-state index contributed by atoms with van der Waals surface area (Å²) in [4.78, 5) is 24.3. The van der Waals surface area contributed by atoms with Crippen LogP contribution in [0.2, 0.25) is 0 Å². The number of rotatable bonds is 5. The highest BCUT2D eigenvalue weighted by atomic mass is 79.9. The number of nitrogens with one attached hydrogen (secondary N) is 2. The van der Waals surface area contributed by atoms with Crippen LogP contribution in [-0.4, -0.2) is 18.4 Å². The van der Waals surface area contributed by atoms with E-state index in [9.17, 15) is 9.59 Å². The fraction of sp³-hybridized carbons (Fsp3) is 0.529. The van der Waals surface area contributed by atoms with Crippen molar-refractivity contribution in [2.45, 2.75) is 39.0 Å². The Balaban J connectivity index is 1.82. The van der Waals surface area contributed by atoms with Crippen molar-refractivity contribution >= 4 is 33.4 Å². The van der Waals surface area contributed by atoms with E-state index in [2.05, 4.69) is 26.6 Å². The van der Waals surface area contributed by atoms with E-state index in [1.165, 1.54) is 0 Å². The standard InChI is InChI=1S/C17H23BrN2O2/c1-2-11-19-16(21)12-7-9-13(10-8-12)17(22)20-15-6-4-3-5-14(15)18/h3-6,12-13H,2,7-11H2,1H3,(H,19,21)(H,20,22). The van der Waals surface area contributed by atoms with Crippen molar-refractivity contribution in [1.29, 1.82) is 0 Å². The van der Waals surface area contributed by atoms with E-state index in [0.717, 1.165) is 48.8 Å². The minimum Gasteiger partial charge on any atom is -0.356 e. The number of para-hydroxylation sites is 1. The summed E-state index contributed by atoms with van der Waals surface area (Å²) in [5.41, 5.74) is 0.801. The van der Waals surface area contributed by atoms with E-state index in [4.69, 9.17) is 0 Å². The van der Waals surface area contributed by atoms with Crippen LogP contribution in [-0.2, 0) is 9.59 Å². The Labute approximate surface area is 140 Å². The molecule has 1 saturated carbocycles. The lowest BCUT2D eigenvalue weighted by Crippen LogP contribution is -2.35. The molecule has 0 aliphatic heterocycles. The summed E-state index contributed by atoms with van der Waals surface area (Å²) in [7, 11) is 0. The van der Waals surface area contributed by atoms with Crippen molar-refractivity contribution < 1.29 is 9.59 Å². The third-order valence-electron chi connectivity index (χ3n) is 4.15. The lowest BCUT2D eigenvalue weighted by Gasteiger charge is -2.27. The molecule has 1 aromatic carbocycles. The smallest absolute Gasteiger partial charge is 0.227 e. The number of hydrogen-bond acceptors (Lipinski definition) is 2. The highest BCUT2D eigenvalue weighted by molar-refractivity contribution is 9.10. The molecule has 0 atom stereocenters. The van der Waals surface area contributed by atoms with Crippen LogP contribution < -0.4 is 10.6 Å². The first-order valence-electron chi connectivity index (χ1n) is 7.95. The van der Waals surface area contributed by atoms with Gasteiger partial charge in [-0.2, -0.15) is 0 Å². The van der Waals surface area contributed by atoms with Gasteiger partial charge >= 0.3 is 0 Å². The van der Waals surface area contributed by atoms with Crippen molar-refractivity contribution in [3.63, 3.8) is 0 Å². The molecule has 0 heterocycles. The van der Waals surface area contributed by atoms with Crippen LogP contribution >= 0.6 is 15.9 Å². The molecule has 4 nitrogen and oxygen atoms in total. The van der Waals surface area contributed by atoms with E-state index in [-0.39, 0.29) is 23.7 Å². The van der Waals surface area contributed by atoms with Crippen molar-refractivity contribution in [2.75, 3.05) is 11.9 Å². The van der Waals surface area contributed by atoms with Gasteiger partial charge in [0, 0.05) is 22.9 Å². The maximum Gasteiger partial charge on any atom is 0.227 e. The highest BCUT2D eigenvalue weighted by Crippen LogP contribution is 2.30. The second kappa shape index (κ2) is 8.32. The molecule has 0 bridgehead atoms. The van der Waals surface area contributed by atoms with Gasteiger partial charge in [-0.05, 0) is 60.2 Å². The van der Waals surface area contributed by atoms with Crippen LogP contribution in [0, 0.1) is 11.8 Å². The minimum absolute atomic E-state index is 0.00216. The summed E-state index contributed by atoms with van der Waals surface area (Å²) >= 11 is 3.43. The Kier molecular flexibility index (Phi) is 6.43. The fourth-order valence-corrected chi connectivity index (χ4v) is 3.19. The van der Waals surface area contributed by atoms with Crippen LogP contribution in [0.15, 0.2) is 28.7 Å². The lowest BCUT2D eigenvalue weighted by atomic mass is 9.81. The van der Waals surface area contributed by atoms with E-state index in [1.807, 2.05) is 31.2 Å². The number of halogens is 1. The molecule has 2 amide bonds. The SMILES string of the molecule is CCCNC(=O)C1CCC(C(=O)Nc2ccccc2Br)CC1. The second-order valence-electron chi connectivity index (χ2n) is 5.81. The molecule has 2 N–H and O–H groups in total. The molecule has 2 rings (SSSR count). The largest absolute Gasteiger partial charge is 0.356 e. The van der Waals surface area contributed by atoms with Crippen molar-refractivity contribution in [3.8, 4) is 0 Å². The third kappa shape index (κ3) is 4.57. The summed E-state index contributed by atoms with van der Waals surface area (Å²) in [6, 6.07) is 7.60. The van der Waals surface area contributed by atoms with Gasteiger partial charge in [-0.15, -0.1) is 0 Å². The number of hydrogen-bond donors (Lipinski definition) is 2. The predicted octanol–water partition coefficient (Wildman–Crippen LogP) is 3.72. The van der Waals surface area contributed by atoms with E-state index in [0.29, 0.717) is 0 Å².